The van der Waals surface area contributed by atoms with Crippen LogP contribution in [0.3, 0.4) is 0 Å². The number of halogens is 2. The molecule has 134 valence electrons. The van der Waals surface area contributed by atoms with Gasteiger partial charge in [0, 0.05) is 11.1 Å². The third-order valence-corrected chi connectivity index (χ3v) is 4.52. The lowest BCUT2D eigenvalue weighted by molar-refractivity contribution is 0.355. The van der Waals surface area contributed by atoms with Gasteiger partial charge in [-0.15, -0.1) is 0 Å². The zero-order valence-corrected chi connectivity index (χ0v) is 16.2. The fourth-order valence-corrected chi connectivity index (χ4v) is 2.98. The molecular weight excluding hydrogens is 395 g/mol. The third kappa shape index (κ3) is 3.60. The van der Waals surface area contributed by atoms with Crippen LogP contribution in [0.25, 0.3) is 11.4 Å². The summed E-state index contributed by atoms with van der Waals surface area (Å²) in [6.07, 6.45) is 1.54. The Kier molecular flexibility index (Phi) is 5.61. The second kappa shape index (κ2) is 7.90. The number of rotatable bonds is 5. The van der Waals surface area contributed by atoms with Crippen molar-refractivity contribution in [2.75, 3.05) is 14.2 Å². The molecule has 0 saturated heterocycles. The van der Waals surface area contributed by atoms with E-state index < -0.39 is 0 Å². The van der Waals surface area contributed by atoms with Gasteiger partial charge in [0.1, 0.15) is 0 Å². The third-order valence-electron chi connectivity index (χ3n) is 3.59. The van der Waals surface area contributed by atoms with Gasteiger partial charge in [-0.3, -0.25) is 0 Å². The molecule has 1 aromatic heterocycles. The number of hydrogen-bond acceptors (Lipinski definition) is 5. The van der Waals surface area contributed by atoms with Crippen LogP contribution >= 0.6 is 35.4 Å². The highest BCUT2D eigenvalue weighted by Crippen LogP contribution is 2.31. The predicted molar refractivity (Wildman–Crippen MR) is 105 cm³/mol. The van der Waals surface area contributed by atoms with Crippen LogP contribution in [0.15, 0.2) is 41.5 Å². The number of hydrogen-bond donors (Lipinski definition) is 1. The van der Waals surface area contributed by atoms with Crippen LogP contribution in [0.4, 0.5) is 0 Å². The van der Waals surface area contributed by atoms with Gasteiger partial charge in [0.25, 0.3) is 0 Å². The van der Waals surface area contributed by atoms with Gasteiger partial charge in [-0.25, -0.2) is 5.10 Å². The average molecular weight is 409 g/mol. The first-order valence-electron chi connectivity index (χ1n) is 7.43. The van der Waals surface area contributed by atoms with E-state index in [0.29, 0.717) is 37.7 Å². The number of H-pyrrole nitrogens is 1. The molecule has 0 amide bonds. The van der Waals surface area contributed by atoms with Crippen molar-refractivity contribution in [3.8, 4) is 22.9 Å². The summed E-state index contributed by atoms with van der Waals surface area (Å²) in [5.41, 5.74) is 1.34. The van der Waals surface area contributed by atoms with E-state index in [2.05, 4.69) is 15.3 Å². The number of nitrogens with zero attached hydrogens (tertiary/aromatic N) is 3. The van der Waals surface area contributed by atoms with E-state index in [1.807, 2.05) is 6.07 Å². The number of ether oxygens (including phenoxy) is 2. The van der Waals surface area contributed by atoms with E-state index >= 15 is 0 Å². The van der Waals surface area contributed by atoms with E-state index in [0.717, 1.165) is 5.56 Å². The molecule has 3 aromatic rings. The van der Waals surface area contributed by atoms with Crippen molar-refractivity contribution in [2.45, 2.75) is 0 Å². The van der Waals surface area contributed by atoms with Crippen LogP contribution in [-0.2, 0) is 0 Å². The minimum Gasteiger partial charge on any atom is -0.493 e. The SMILES string of the molecule is COc1ccc(-c2n[nH]c(=S)n2N=Cc2c(Cl)cccc2Cl)cc1OC. The molecule has 1 heterocycles. The van der Waals surface area contributed by atoms with E-state index in [1.54, 1.807) is 50.8 Å². The van der Waals surface area contributed by atoms with Crippen LogP contribution in [0.5, 0.6) is 11.5 Å². The number of benzene rings is 2. The quantitative estimate of drug-likeness (QED) is 0.485. The first kappa shape index (κ1) is 18.4. The lowest BCUT2D eigenvalue weighted by atomic mass is 10.2. The highest BCUT2D eigenvalue weighted by atomic mass is 35.5. The fraction of sp³-hybridized carbons (Fsp3) is 0.118. The molecule has 0 aliphatic rings. The van der Waals surface area contributed by atoms with Gasteiger partial charge in [-0.2, -0.15) is 14.9 Å². The molecule has 26 heavy (non-hydrogen) atoms. The number of aromatic nitrogens is 3. The van der Waals surface area contributed by atoms with Gasteiger partial charge in [0.15, 0.2) is 17.3 Å². The summed E-state index contributed by atoms with van der Waals surface area (Å²) < 4.78 is 12.4. The van der Waals surface area contributed by atoms with Crippen molar-refractivity contribution in [2.24, 2.45) is 5.10 Å². The zero-order valence-electron chi connectivity index (χ0n) is 13.9. The minimum absolute atomic E-state index is 0.328. The summed E-state index contributed by atoms with van der Waals surface area (Å²) in [7, 11) is 3.14. The molecule has 2 aromatic carbocycles. The van der Waals surface area contributed by atoms with Crippen molar-refractivity contribution in [3.05, 3.63) is 56.8 Å². The van der Waals surface area contributed by atoms with E-state index in [1.165, 1.54) is 4.68 Å². The topological polar surface area (TPSA) is 64.4 Å². The largest absolute Gasteiger partial charge is 0.493 e. The zero-order chi connectivity index (χ0) is 18.7. The van der Waals surface area contributed by atoms with E-state index in [4.69, 9.17) is 44.9 Å². The van der Waals surface area contributed by atoms with E-state index in [-0.39, 0.29) is 0 Å². The Morgan fingerprint density at radius 2 is 1.81 bits per heavy atom. The summed E-state index contributed by atoms with van der Waals surface area (Å²) in [5.74, 6) is 1.70. The number of aromatic amines is 1. The van der Waals surface area contributed by atoms with Crippen molar-refractivity contribution in [1.29, 1.82) is 0 Å². The van der Waals surface area contributed by atoms with Crippen LogP contribution in [0.1, 0.15) is 5.56 Å². The smallest absolute Gasteiger partial charge is 0.216 e. The van der Waals surface area contributed by atoms with Gasteiger partial charge in [0.05, 0.1) is 30.5 Å². The summed E-state index contributed by atoms with van der Waals surface area (Å²) >= 11 is 17.6. The Morgan fingerprint density at radius 3 is 2.46 bits per heavy atom. The molecule has 0 fully saturated rings. The molecule has 0 unspecified atom stereocenters. The van der Waals surface area contributed by atoms with Crippen LogP contribution < -0.4 is 9.47 Å². The summed E-state index contributed by atoms with van der Waals surface area (Å²) in [6.45, 7) is 0. The molecule has 0 saturated carbocycles. The molecule has 3 rings (SSSR count). The lowest BCUT2D eigenvalue weighted by Crippen LogP contribution is -1.97. The first-order chi connectivity index (χ1) is 12.5. The Labute approximate surface area is 165 Å². The Morgan fingerprint density at radius 1 is 1.12 bits per heavy atom. The molecule has 0 aliphatic carbocycles. The second-order valence-corrected chi connectivity index (χ2v) is 6.31. The molecule has 0 aliphatic heterocycles. The molecule has 0 spiro atoms. The van der Waals surface area contributed by atoms with Crippen molar-refractivity contribution in [3.63, 3.8) is 0 Å². The highest BCUT2D eigenvalue weighted by molar-refractivity contribution is 7.71. The molecule has 0 atom stereocenters. The van der Waals surface area contributed by atoms with Crippen molar-refractivity contribution in [1.82, 2.24) is 14.9 Å². The predicted octanol–water partition coefficient (Wildman–Crippen LogP) is 4.81. The summed E-state index contributed by atoms with van der Waals surface area (Å²) in [6, 6.07) is 10.6. The van der Waals surface area contributed by atoms with Crippen LogP contribution in [-0.4, -0.2) is 35.3 Å². The van der Waals surface area contributed by atoms with Gasteiger partial charge in [-0.1, -0.05) is 29.3 Å². The van der Waals surface area contributed by atoms with E-state index in [9.17, 15) is 0 Å². The molecule has 0 bridgehead atoms. The van der Waals surface area contributed by atoms with Crippen molar-refractivity contribution >= 4 is 41.6 Å². The maximum absolute atomic E-state index is 6.17. The Bertz CT molecular complexity index is 1010. The van der Waals surface area contributed by atoms with Crippen LogP contribution in [0.2, 0.25) is 10.0 Å². The van der Waals surface area contributed by atoms with Crippen LogP contribution in [0, 0.1) is 4.77 Å². The Balaban J connectivity index is 2.05. The molecule has 6 nitrogen and oxygen atoms in total. The molecule has 1 N–H and O–H groups in total. The normalized spacial score (nSPS) is 11.1. The lowest BCUT2D eigenvalue weighted by Gasteiger charge is -2.09. The molecule has 0 radical (unpaired) electrons. The van der Waals surface area contributed by atoms with Gasteiger partial charge >= 0.3 is 0 Å². The summed E-state index contributed by atoms with van der Waals surface area (Å²) in [4.78, 5) is 0. The monoisotopic (exact) mass is 408 g/mol. The average Bonchev–Trinajstić information content (AvgIpc) is 3.01. The minimum atomic E-state index is 0.328. The standard InChI is InChI=1S/C17H14Cl2N4O2S/c1-24-14-7-6-10(8-15(14)25-2)16-21-22-17(26)23(16)20-9-11-12(18)4-3-5-13(11)19/h3-9H,1-2H3,(H,22,26). The molecule has 9 heteroatoms. The van der Waals surface area contributed by atoms with Crippen molar-refractivity contribution < 1.29 is 9.47 Å². The summed E-state index contributed by atoms with van der Waals surface area (Å²) in [5, 5.41) is 12.3. The van der Waals surface area contributed by atoms with Gasteiger partial charge in [-0.05, 0) is 42.5 Å². The maximum Gasteiger partial charge on any atom is 0.216 e. The molecular formula is C17H14Cl2N4O2S. The first-order valence-corrected chi connectivity index (χ1v) is 8.59. The highest BCUT2D eigenvalue weighted by Gasteiger charge is 2.12. The second-order valence-electron chi connectivity index (χ2n) is 5.11. The Hall–Kier alpha value is -2.35. The van der Waals surface area contributed by atoms with Gasteiger partial charge < -0.3 is 9.47 Å². The maximum atomic E-state index is 6.17. The fourth-order valence-electron chi connectivity index (χ4n) is 2.31. The number of nitrogens with one attached hydrogen (secondary N) is 1. The van der Waals surface area contributed by atoms with Gasteiger partial charge in [0.2, 0.25) is 4.77 Å². The number of methoxy groups -OCH3 is 2.